The fourth-order valence-electron chi connectivity index (χ4n) is 1.96. The highest BCUT2D eigenvalue weighted by Gasteiger charge is 2.54. The van der Waals surface area contributed by atoms with Gasteiger partial charge in [0.15, 0.2) is 0 Å². The van der Waals surface area contributed by atoms with Gasteiger partial charge in [-0.15, -0.1) is 0 Å². The maximum atomic E-state index is 9.21. The summed E-state index contributed by atoms with van der Waals surface area (Å²) >= 11 is 0. The van der Waals surface area contributed by atoms with Crippen LogP contribution in [0.2, 0.25) is 0 Å². The van der Waals surface area contributed by atoms with Crippen LogP contribution < -0.4 is 5.73 Å². The zero-order chi connectivity index (χ0) is 9.47. The number of rotatable bonds is 3. The maximum Gasteiger partial charge on any atom is 0.0506 e. The first-order valence-corrected chi connectivity index (χ1v) is 4.52. The molecule has 2 atom stereocenters. The standard InChI is InChI=1S/C9H15N3O/c1-12-8(2-3-11-12)7-4-9(7,5-10)6-13/h2-3,7,13H,4-6,10H2,1H3. The van der Waals surface area contributed by atoms with Crippen LogP contribution in [0.25, 0.3) is 0 Å². The van der Waals surface area contributed by atoms with E-state index in [1.165, 1.54) is 5.69 Å². The lowest BCUT2D eigenvalue weighted by atomic mass is 10.0. The third-order valence-corrected chi connectivity index (χ3v) is 3.13. The van der Waals surface area contributed by atoms with Crippen molar-refractivity contribution in [2.24, 2.45) is 18.2 Å². The summed E-state index contributed by atoms with van der Waals surface area (Å²) in [6.45, 7) is 0.735. The molecule has 13 heavy (non-hydrogen) atoms. The highest BCUT2D eigenvalue weighted by molar-refractivity contribution is 5.24. The van der Waals surface area contributed by atoms with Crippen molar-refractivity contribution in [1.29, 1.82) is 0 Å². The summed E-state index contributed by atoms with van der Waals surface area (Å²) in [6.07, 6.45) is 2.77. The van der Waals surface area contributed by atoms with Gasteiger partial charge in [-0.3, -0.25) is 4.68 Å². The van der Waals surface area contributed by atoms with Gasteiger partial charge in [0.1, 0.15) is 0 Å². The van der Waals surface area contributed by atoms with Crippen molar-refractivity contribution in [1.82, 2.24) is 9.78 Å². The number of hydrogen-bond donors (Lipinski definition) is 2. The van der Waals surface area contributed by atoms with Crippen LogP contribution in [-0.2, 0) is 7.05 Å². The van der Waals surface area contributed by atoms with Crippen LogP contribution in [0.5, 0.6) is 0 Å². The predicted octanol–water partition coefficient (Wildman–Crippen LogP) is -0.155. The summed E-state index contributed by atoms with van der Waals surface area (Å²) in [5.74, 6) is 0.398. The molecule has 2 unspecified atom stereocenters. The second-order valence-corrected chi connectivity index (χ2v) is 3.86. The molecule has 1 aliphatic rings. The number of aryl methyl sites for hydroxylation is 1. The molecule has 4 nitrogen and oxygen atoms in total. The Morgan fingerprint density at radius 1 is 1.85 bits per heavy atom. The van der Waals surface area contributed by atoms with E-state index in [4.69, 9.17) is 5.73 Å². The summed E-state index contributed by atoms with van der Waals surface area (Å²) in [6, 6.07) is 2.00. The van der Waals surface area contributed by atoms with E-state index in [2.05, 4.69) is 5.10 Å². The van der Waals surface area contributed by atoms with Gasteiger partial charge in [-0.05, 0) is 12.5 Å². The van der Waals surface area contributed by atoms with Gasteiger partial charge >= 0.3 is 0 Å². The Morgan fingerprint density at radius 2 is 2.62 bits per heavy atom. The SMILES string of the molecule is Cn1nccc1C1CC1(CN)CO. The van der Waals surface area contributed by atoms with Crippen LogP contribution in [-0.4, -0.2) is 28.0 Å². The molecule has 1 fully saturated rings. The largest absolute Gasteiger partial charge is 0.396 e. The average Bonchev–Trinajstić information content (AvgIpc) is 2.74. The monoisotopic (exact) mass is 181 g/mol. The Kier molecular flexibility index (Phi) is 1.89. The van der Waals surface area contributed by atoms with Gasteiger partial charge in [-0.25, -0.2) is 0 Å². The smallest absolute Gasteiger partial charge is 0.0506 e. The number of aromatic nitrogens is 2. The molecule has 0 spiro atoms. The molecule has 1 aromatic heterocycles. The fraction of sp³-hybridized carbons (Fsp3) is 0.667. The van der Waals surface area contributed by atoms with Crippen LogP contribution in [0.15, 0.2) is 12.3 Å². The molecule has 1 heterocycles. The van der Waals surface area contributed by atoms with Gasteiger partial charge < -0.3 is 10.8 Å². The van der Waals surface area contributed by atoms with Gasteiger partial charge in [-0.2, -0.15) is 5.10 Å². The van der Waals surface area contributed by atoms with Gasteiger partial charge in [0.25, 0.3) is 0 Å². The molecular weight excluding hydrogens is 166 g/mol. The van der Waals surface area contributed by atoms with E-state index in [9.17, 15) is 5.11 Å². The molecule has 0 saturated heterocycles. The molecule has 1 aromatic rings. The number of nitrogens with two attached hydrogens (primary N) is 1. The minimum atomic E-state index is -0.0617. The minimum absolute atomic E-state index is 0.0617. The van der Waals surface area contributed by atoms with Crippen LogP contribution in [0.4, 0.5) is 0 Å². The number of hydrogen-bond acceptors (Lipinski definition) is 3. The predicted molar refractivity (Wildman–Crippen MR) is 49.1 cm³/mol. The van der Waals surface area contributed by atoms with Crippen molar-refractivity contribution >= 4 is 0 Å². The first-order chi connectivity index (χ1) is 6.23. The van der Waals surface area contributed by atoms with E-state index in [0.717, 1.165) is 6.42 Å². The van der Waals surface area contributed by atoms with Gasteiger partial charge in [0.2, 0.25) is 0 Å². The molecule has 0 aliphatic heterocycles. The lowest BCUT2D eigenvalue weighted by molar-refractivity contribution is 0.211. The molecule has 0 bridgehead atoms. The third-order valence-electron chi connectivity index (χ3n) is 3.13. The second-order valence-electron chi connectivity index (χ2n) is 3.86. The Balaban J connectivity index is 2.19. The first-order valence-electron chi connectivity index (χ1n) is 4.52. The van der Waals surface area contributed by atoms with Crippen LogP contribution >= 0.6 is 0 Å². The van der Waals surface area contributed by atoms with Crippen molar-refractivity contribution in [3.63, 3.8) is 0 Å². The van der Waals surface area contributed by atoms with E-state index >= 15 is 0 Å². The first kappa shape index (κ1) is 8.72. The zero-order valence-electron chi connectivity index (χ0n) is 7.77. The second kappa shape index (κ2) is 2.82. The van der Waals surface area contributed by atoms with Crippen LogP contribution in [0, 0.1) is 5.41 Å². The molecule has 2 rings (SSSR count). The average molecular weight is 181 g/mol. The lowest BCUT2D eigenvalue weighted by Crippen LogP contribution is -2.21. The maximum absolute atomic E-state index is 9.21. The number of aliphatic hydroxyl groups is 1. The van der Waals surface area contributed by atoms with Crippen molar-refractivity contribution in [3.8, 4) is 0 Å². The van der Waals surface area contributed by atoms with E-state index in [0.29, 0.717) is 12.5 Å². The van der Waals surface area contributed by atoms with Crippen LogP contribution in [0.3, 0.4) is 0 Å². The minimum Gasteiger partial charge on any atom is -0.396 e. The van der Waals surface area contributed by atoms with Gasteiger partial charge in [0.05, 0.1) is 6.61 Å². The third kappa shape index (κ3) is 1.17. The number of nitrogens with zero attached hydrogens (tertiary/aromatic N) is 2. The van der Waals surface area contributed by atoms with Gasteiger partial charge in [0, 0.05) is 36.8 Å². The Hall–Kier alpha value is -0.870. The quantitative estimate of drug-likeness (QED) is 0.681. The lowest BCUT2D eigenvalue weighted by Gasteiger charge is -2.10. The molecule has 1 saturated carbocycles. The summed E-state index contributed by atoms with van der Waals surface area (Å²) in [4.78, 5) is 0. The molecule has 3 N–H and O–H groups in total. The van der Waals surface area contributed by atoms with Crippen molar-refractivity contribution < 1.29 is 5.11 Å². The Labute approximate surface area is 77.4 Å². The van der Waals surface area contributed by atoms with E-state index in [1.807, 2.05) is 17.8 Å². The normalized spacial score (nSPS) is 32.1. The molecule has 0 radical (unpaired) electrons. The molecule has 1 aliphatic carbocycles. The molecule has 4 heteroatoms. The molecular formula is C9H15N3O. The van der Waals surface area contributed by atoms with Crippen LogP contribution in [0.1, 0.15) is 18.0 Å². The van der Waals surface area contributed by atoms with E-state index in [1.54, 1.807) is 6.20 Å². The molecule has 0 amide bonds. The van der Waals surface area contributed by atoms with Crippen molar-refractivity contribution in [2.45, 2.75) is 12.3 Å². The fourth-order valence-corrected chi connectivity index (χ4v) is 1.96. The zero-order valence-corrected chi connectivity index (χ0v) is 7.77. The molecule has 0 aromatic carbocycles. The van der Waals surface area contributed by atoms with E-state index in [-0.39, 0.29) is 12.0 Å². The summed E-state index contributed by atoms with van der Waals surface area (Å²) in [7, 11) is 1.92. The topological polar surface area (TPSA) is 64.1 Å². The summed E-state index contributed by atoms with van der Waals surface area (Å²) in [5, 5.41) is 13.3. The Morgan fingerprint density at radius 3 is 3.00 bits per heavy atom. The molecule has 72 valence electrons. The highest BCUT2D eigenvalue weighted by Crippen LogP contribution is 2.57. The van der Waals surface area contributed by atoms with Crippen molar-refractivity contribution in [2.75, 3.05) is 13.2 Å². The van der Waals surface area contributed by atoms with E-state index < -0.39 is 0 Å². The summed E-state index contributed by atoms with van der Waals surface area (Å²) < 4.78 is 1.86. The van der Waals surface area contributed by atoms with Gasteiger partial charge in [-0.1, -0.05) is 0 Å². The highest BCUT2D eigenvalue weighted by atomic mass is 16.3. The summed E-state index contributed by atoms with van der Waals surface area (Å²) in [5.41, 5.74) is 6.75. The number of aliphatic hydroxyl groups excluding tert-OH is 1. The Bertz CT molecular complexity index is 304. The van der Waals surface area contributed by atoms with Crippen molar-refractivity contribution in [3.05, 3.63) is 18.0 Å².